The van der Waals surface area contributed by atoms with E-state index in [1.54, 1.807) is 53.1 Å². The van der Waals surface area contributed by atoms with Crippen molar-refractivity contribution < 1.29 is 33.4 Å². The molecule has 1 aromatic heterocycles. The summed E-state index contributed by atoms with van der Waals surface area (Å²) < 4.78 is 17.5. The summed E-state index contributed by atoms with van der Waals surface area (Å²) in [5.74, 6) is -1.38. The number of nitrogens with zero attached hydrogens (tertiary/aromatic N) is 3. The van der Waals surface area contributed by atoms with Gasteiger partial charge in [-0.2, -0.15) is 0 Å². The van der Waals surface area contributed by atoms with Crippen LogP contribution in [-0.4, -0.2) is 102 Å². The zero-order valence-electron chi connectivity index (χ0n) is 33.6. The number of amides is 4. The molecule has 0 bridgehead atoms. The molecule has 0 radical (unpaired) electrons. The molecular formula is C40H63N5O7S. The maximum absolute atomic E-state index is 14.2. The van der Waals surface area contributed by atoms with E-state index in [0.29, 0.717) is 19.4 Å². The molecule has 1 saturated heterocycles. The minimum Gasteiger partial charge on any atom is -0.444 e. The molecule has 0 unspecified atom stereocenters. The van der Waals surface area contributed by atoms with E-state index in [4.69, 9.17) is 14.2 Å². The van der Waals surface area contributed by atoms with Crippen molar-refractivity contribution in [2.75, 3.05) is 27.8 Å². The van der Waals surface area contributed by atoms with Crippen molar-refractivity contribution in [2.24, 2.45) is 17.8 Å². The normalized spacial score (nSPS) is 18.7. The van der Waals surface area contributed by atoms with E-state index in [1.807, 2.05) is 75.2 Å². The molecule has 12 nitrogen and oxygen atoms in total. The highest BCUT2D eigenvalue weighted by molar-refractivity contribution is 7.09. The molecule has 53 heavy (non-hydrogen) atoms. The number of alkyl carbamates (subject to hydrolysis) is 1. The monoisotopic (exact) mass is 757 g/mol. The predicted octanol–water partition coefficient (Wildman–Crippen LogP) is 6.01. The maximum Gasteiger partial charge on any atom is 0.408 e. The number of likely N-dealkylation sites (tertiary alicyclic amines) is 1. The second kappa shape index (κ2) is 20.2. The highest BCUT2D eigenvalue weighted by Gasteiger charge is 2.43. The molecule has 2 aromatic rings. The number of carbonyl (C=O) groups is 4. The molecular weight excluding hydrogens is 695 g/mol. The number of benzene rings is 1. The fraction of sp³-hybridized carbons (Fsp3) is 0.675. The number of aromatic nitrogens is 1. The zero-order chi connectivity index (χ0) is 39.5. The maximum atomic E-state index is 14.2. The van der Waals surface area contributed by atoms with Crippen LogP contribution in [0.15, 0.2) is 41.9 Å². The molecule has 2 N–H and O–H groups in total. The highest BCUT2D eigenvalue weighted by atomic mass is 32.1. The summed E-state index contributed by atoms with van der Waals surface area (Å²) in [7, 11) is 4.86. The molecule has 2 heterocycles. The van der Waals surface area contributed by atoms with Gasteiger partial charge in [-0.15, -0.1) is 11.3 Å². The van der Waals surface area contributed by atoms with Crippen LogP contribution in [0.25, 0.3) is 0 Å². The summed E-state index contributed by atoms with van der Waals surface area (Å²) in [5, 5.41) is 8.72. The van der Waals surface area contributed by atoms with Crippen LogP contribution in [0.2, 0.25) is 0 Å². The summed E-state index contributed by atoms with van der Waals surface area (Å²) in [5.41, 5.74) is 0.371. The van der Waals surface area contributed by atoms with Gasteiger partial charge in [-0.25, -0.2) is 9.78 Å². The van der Waals surface area contributed by atoms with E-state index < -0.39 is 41.9 Å². The first-order chi connectivity index (χ1) is 25.0. The minimum absolute atomic E-state index is 0.0254. The van der Waals surface area contributed by atoms with Crippen LogP contribution in [-0.2, 0) is 35.0 Å². The zero-order valence-corrected chi connectivity index (χ0v) is 34.4. The number of thiazole rings is 1. The van der Waals surface area contributed by atoms with Crippen molar-refractivity contribution in [2.45, 2.75) is 129 Å². The fourth-order valence-corrected chi connectivity index (χ4v) is 7.92. The third kappa shape index (κ3) is 12.2. The van der Waals surface area contributed by atoms with Gasteiger partial charge in [0.25, 0.3) is 0 Å². The largest absolute Gasteiger partial charge is 0.444 e. The Labute approximate surface area is 320 Å². The van der Waals surface area contributed by atoms with Crippen molar-refractivity contribution in [1.82, 2.24) is 25.4 Å². The molecule has 13 heteroatoms. The SMILES string of the molecule is CC[C@H](C)[C@@H]([C@@H](CC(=O)N1CCC[C@H]1[C@H](OC)[C@@H](C)C(=O)N[C@@H](Cc1ccccc1)c1nccs1)OC)N(C)C(=O)[C@@H](NC(=O)OC(C)(C)C)C(C)C. The summed E-state index contributed by atoms with van der Waals surface area (Å²) in [6.45, 7) is 15.5. The summed E-state index contributed by atoms with van der Waals surface area (Å²) in [6.07, 6.45) is 2.74. The molecule has 1 aliphatic rings. The van der Waals surface area contributed by atoms with Gasteiger partial charge in [-0.1, -0.05) is 71.4 Å². The van der Waals surface area contributed by atoms with Gasteiger partial charge < -0.3 is 34.6 Å². The van der Waals surface area contributed by atoms with Gasteiger partial charge in [0.05, 0.1) is 42.7 Å². The van der Waals surface area contributed by atoms with E-state index in [0.717, 1.165) is 23.4 Å². The van der Waals surface area contributed by atoms with E-state index in [9.17, 15) is 19.2 Å². The lowest BCUT2D eigenvalue weighted by atomic mass is 9.89. The third-order valence-electron chi connectivity index (χ3n) is 10.2. The van der Waals surface area contributed by atoms with Gasteiger partial charge in [0.1, 0.15) is 16.7 Å². The number of methoxy groups -OCH3 is 2. The van der Waals surface area contributed by atoms with Crippen molar-refractivity contribution >= 4 is 35.2 Å². The average Bonchev–Trinajstić information content (AvgIpc) is 3.83. The summed E-state index contributed by atoms with van der Waals surface area (Å²) in [4.78, 5) is 62.7. The second-order valence-electron chi connectivity index (χ2n) is 15.6. The molecule has 296 valence electrons. The van der Waals surface area contributed by atoms with Crippen molar-refractivity contribution in [3.63, 3.8) is 0 Å². The average molecular weight is 758 g/mol. The topological polar surface area (TPSA) is 139 Å². The first-order valence-corrected chi connectivity index (χ1v) is 19.8. The molecule has 4 amide bonds. The van der Waals surface area contributed by atoms with Gasteiger partial charge in [-0.3, -0.25) is 14.4 Å². The van der Waals surface area contributed by atoms with Crippen LogP contribution >= 0.6 is 11.3 Å². The van der Waals surface area contributed by atoms with E-state index in [2.05, 4.69) is 15.6 Å². The Balaban J connectivity index is 1.77. The Bertz CT molecular complexity index is 1450. The van der Waals surface area contributed by atoms with E-state index >= 15 is 0 Å². The number of hydrogen-bond acceptors (Lipinski definition) is 9. The smallest absolute Gasteiger partial charge is 0.408 e. The lowest BCUT2D eigenvalue weighted by Gasteiger charge is -2.40. The first kappa shape index (κ1) is 43.9. The Hall–Kier alpha value is -3.55. The highest BCUT2D eigenvalue weighted by Crippen LogP contribution is 2.30. The standard InChI is InChI=1S/C40H63N5O7S/c1-12-26(4)34(44(9)38(48)33(25(2)3)43-39(49)52-40(6,7)8)31(50-10)24-32(46)45-21-16-19-30(45)35(51-11)27(5)36(47)42-29(37-41-20-22-53-37)23-28-17-14-13-15-18-28/h13-15,17-18,20,22,25-27,29-31,33-35H,12,16,19,21,23-24H2,1-11H3,(H,42,47)(H,43,49)/t26-,27+,29-,30-,31+,33-,34-,35+/m0/s1. The summed E-state index contributed by atoms with van der Waals surface area (Å²) >= 11 is 1.50. The summed E-state index contributed by atoms with van der Waals surface area (Å²) in [6, 6.07) is 8.07. The number of likely N-dealkylation sites (N-methyl/N-ethyl adjacent to an activating group) is 1. The minimum atomic E-state index is -0.837. The van der Waals surface area contributed by atoms with Gasteiger partial charge in [-0.05, 0) is 57.4 Å². The van der Waals surface area contributed by atoms with Gasteiger partial charge in [0, 0.05) is 39.4 Å². The van der Waals surface area contributed by atoms with Crippen LogP contribution < -0.4 is 10.6 Å². The molecule has 0 saturated carbocycles. The number of ether oxygens (including phenoxy) is 3. The van der Waals surface area contributed by atoms with Crippen LogP contribution in [0.1, 0.15) is 97.7 Å². The van der Waals surface area contributed by atoms with Crippen molar-refractivity contribution in [1.29, 1.82) is 0 Å². The van der Waals surface area contributed by atoms with Gasteiger partial charge in [0.2, 0.25) is 17.7 Å². The van der Waals surface area contributed by atoms with Crippen LogP contribution in [0.3, 0.4) is 0 Å². The van der Waals surface area contributed by atoms with Gasteiger partial charge in [0.15, 0.2) is 0 Å². The molecule has 3 rings (SSSR count). The molecule has 8 atom stereocenters. The van der Waals surface area contributed by atoms with Crippen molar-refractivity contribution in [3.8, 4) is 0 Å². The van der Waals surface area contributed by atoms with E-state index in [1.165, 1.54) is 11.3 Å². The number of nitrogens with one attached hydrogen (secondary N) is 2. The molecule has 0 aliphatic carbocycles. The first-order valence-electron chi connectivity index (χ1n) is 18.9. The second-order valence-corrected chi connectivity index (χ2v) is 16.5. The quantitative estimate of drug-likeness (QED) is 0.189. The lowest BCUT2D eigenvalue weighted by Crippen LogP contribution is -2.58. The number of rotatable bonds is 18. The number of carbonyl (C=O) groups excluding carboxylic acids is 4. The molecule has 1 aliphatic heterocycles. The molecule has 0 spiro atoms. The van der Waals surface area contributed by atoms with Crippen molar-refractivity contribution in [3.05, 3.63) is 52.5 Å². The number of hydrogen-bond donors (Lipinski definition) is 2. The Morgan fingerprint density at radius 1 is 1.04 bits per heavy atom. The Morgan fingerprint density at radius 2 is 1.72 bits per heavy atom. The Kier molecular flexibility index (Phi) is 16.7. The fourth-order valence-electron chi connectivity index (χ4n) is 7.23. The van der Waals surface area contributed by atoms with Crippen LogP contribution in [0, 0.1) is 17.8 Å². The van der Waals surface area contributed by atoms with Gasteiger partial charge >= 0.3 is 6.09 Å². The third-order valence-corrected chi connectivity index (χ3v) is 11.1. The van der Waals surface area contributed by atoms with Crippen LogP contribution in [0.5, 0.6) is 0 Å². The van der Waals surface area contributed by atoms with Crippen LogP contribution in [0.4, 0.5) is 4.79 Å². The predicted molar refractivity (Wildman–Crippen MR) is 207 cm³/mol. The van der Waals surface area contributed by atoms with E-state index in [-0.39, 0.29) is 48.1 Å². The molecule has 1 fully saturated rings. The molecule has 1 aromatic carbocycles. The lowest BCUT2D eigenvalue weighted by molar-refractivity contribution is -0.147. The Morgan fingerprint density at radius 3 is 2.26 bits per heavy atom.